The molecule has 1 saturated carbocycles. The van der Waals surface area contributed by atoms with Crippen LogP contribution in [0.1, 0.15) is 35.0 Å². The van der Waals surface area contributed by atoms with Crippen molar-refractivity contribution in [3.8, 4) is 0 Å². The average molecular weight is 467 g/mol. The van der Waals surface area contributed by atoms with Crippen molar-refractivity contribution in [3.05, 3.63) is 50.9 Å². The summed E-state index contributed by atoms with van der Waals surface area (Å²) in [5, 5.41) is 2.70. The summed E-state index contributed by atoms with van der Waals surface area (Å²) in [5.41, 5.74) is -0.327. The van der Waals surface area contributed by atoms with Crippen LogP contribution in [0.5, 0.6) is 0 Å². The van der Waals surface area contributed by atoms with Crippen molar-refractivity contribution in [1.82, 2.24) is 5.32 Å². The number of halogens is 2. The maximum absolute atomic E-state index is 14.9. The molecular formula is C21H20ClFN2O5S. The van der Waals surface area contributed by atoms with Crippen molar-refractivity contribution < 1.29 is 28.2 Å². The number of hydrogen-bond acceptors (Lipinski definition) is 6. The molecule has 2 aliphatic rings. The van der Waals surface area contributed by atoms with Crippen LogP contribution in [0.15, 0.2) is 30.3 Å². The van der Waals surface area contributed by atoms with E-state index >= 15 is 0 Å². The Kier molecular flexibility index (Phi) is 5.90. The van der Waals surface area contributed by atoms with Crippen LogP contribution in [0.4, 0.5) is 14.9 Å². The first-order valence-corrected chi connectivity index (χ1v) is 11.0. The van der Waals surface area contributed by atoms with E-state index in [2.05, 4.69) is 5.32 Å². The summed E-state index contributed by atoms with van der Waals surface area (Å²) in [6.45, 7) is 2.22. The number of carbonyl (C=O) groups is 3. The van der Waals surface area contributed by atoms with Crippen LogP contribution in [0, 0.1) is 5.82 Å². The first-order valence-electron chi connectivity index (χ1n) is 9.83. The van der Waals surface area contributed by atoms with Gasteiger partial charge in [-0.25, -0.2) is 9.18 Å². The molecule has 2 heterocycles. The Labute approximate surface area is 187 Å². The highest BCUT2D eigenvalue weighted by Gasteiger charge is 2.54. The molecule has 1 aliphatic heterocycles. The third-order valence-corrected chi connectivity index (χ3v) is 6.59. The molecule has 31 heavy (non-hydrogen) atoms. The molecule has 164 valence electrons. The second kappa shape index (κ2) is 8.47. The minimum Gasteiger partial charge on any atom is -0.465 e. The monoisotopic (exact) mass is 466 g/mol. The first-order chi connectivity index (χ1) is 14.8. The second-order valence-corrected chi connectivity index (χ2v) is 9.11. The van der Waals surface area contributed by atoms with Crippen molar-refractivity contribution in [2.75, 3.05) is 24.6 Å². The van der Waals surface area contributed by atoms with Gasteiger partial charge >= 0.3 is 12.1 Å². The van der Waals surface area contributed by atoms with Crippen LogP contribution in [-0.4, -0.2) is 43.8 Å². The molecule has 1 aromatic heterocycles. The highest BCUT2D eigenvalue weighted by Crippen LogP contribution is 2.50. The van der Waals surface area contributed by atoms with Crippen molar-refractivity contribution in [1.29, 1.82) is 0 Å². The zero-order chi connectivity index (χ0) is 22.2. The Morgan fingerprint density at radius 1 is 1.35 bits per heavy atom. The zero-order valence-electron chi connectivity index (χ0n) is 16.7. The van der Waals surface area contributed by atoms with Crippen LogP contribution >= 0.6 is 22.9 Å². The van der Waals surface area contributed by atoms with Gasteiger partial charge in [0.1, 0.15) is 11.9 Å². The van der Waals surface area contributed by atoms with Crippen LogP contribution < -0.4 is 10.2 Å². The van der Waals surface area contributed by atoms with E-state index in [1.807, 2.05) is 0 Å². The molecule has 0 spiro atoms. The van der Waals surface area contributed by atoms with Crippen LogP contribution in [-0.2, 0) is 19.7 Å². The summed E-state index contributed by atoms with van der Waals surface area (Å²) in [6.07, 6.45) is -0.142. The number of cyclic esters (lactones) is 1. The number of amides is 2. The molecule has 1 aliphatic carbocycles. The van der Waals surface area contributed by atoms with Gasteiger partial charge in [-0.1, -0.05) is 17.7 Å². The number of thiophene rings is 1. The lowest BCUT2D eigenvalue weighted by Crippen LogP contribution is -2.34. The predicted octanol–water partition coefficient (Wildman–Crippen LogP) is 3.89. The molecule has 7 nitrogen and oxygen atoms in total. The molecular weight excluding hydrogens is 447 g/mol. The summed E-state index contributed by atoms with van der Waals surface area (Å²) in [5.74, 6) is -1.30. The van der Waals surface area contributed by atoms with E-state index in [-0.39, 0.29) is 31.2 Å². The standard InChI is InChI=1S/C21H20ClFN2O5S/c1-2-29-19(27)21(7-8-21)14-4-3-12(9-15(14)23)25-11-13(30-20(25)28)10-24-18(26)16-5-6-17(22)31-16/h3-6,9,13H,2,7-8,10-11H2,1H3,(H,24,26). The third kappa shape index (κ3) is 4.24. The fourth-order valence-electron chi connectivity index (χ4n) is 3.61. The summed E-state index contributed by atoms with van der Waals surface area (Å²) >= 11 is 6.98. The molecule has 0 bridgehead atoms. The Bertz CT molecular complexity index is 1040. The first kappa shape index (κ1) is 21.6. The lowest BCUT2D eigenvalue weighted by molar-refractivity contribution is -0.146. The van der Waals surface area contributed by atoms with E-state index < -0.39 is 29.4 Å². The van der Waals surface area contributed by atoms with Crippen molar-refractivity contribution in [3.63, 3.8) is 0 Å². The number of nitrogens with one attached hydrogen (secondary N) is 1. The predicted molar refractivity (Wildman–Crippen MR) is 113 cm³/mol. The van der Waals surface area contributed by atoms with Crippen molar-refractivity contribution in [2.45, 2.75) is 31.3 Å². The molecule has 1 unspecified atom stereocenters. The van der Waals surface area contributed by atoms with Gasteiger partial charge in [0.05, 0.1) is 40.0 Å². The average Bonchev–Trinajstić information content (AvgIpc) is 3.29. The molecule has 1 aromatic carbocycles. The Balaban J connectivity index is 1.41. The SMILES string of the molecule is CCOC(=O)C1(c2ccc(N3CC(CNC(=O)c4ccc(Cl)s4)OC3=O)cc2F)CC1. The van der Waals surface area contributed by atoms with Gasteiger partial charge in [-0.15, -0.1) is 11.3 Å². The number of anilines is 1. The normalized spacial score (nSPS) is 19.1. The molecule has 2 aromatic rings. The van der Waals surface area contributed by atoms with Gasteiger partial charge in [0, 0.05) is 5.56 Å². The second-order valence-electron chi connectivity index (χ2n) is 7.40. The van der Waals surface area contributed by atoms with E-state index in [1.54, 1.807) is 25.1 Å². The summed E-state index contributed by atoms with van der Waals surface area (Å²) in [7, 11) is 0. The molecule has 4 rings (SSSR count). The van der Waals surface area contributed by atoms with E-state index in [4.69, 9.17) is 21.1 Å². The van der Waals surface area contributed by atoms with Crippen LogP contribution in [0.2, 0.25) is 4.34 Å². The zero-order valence-corrected chi connectivity index (χ0v) is 18.2. The quantitative estimate of drug-likeness (QED) is 0.626. The van der Waals surface area contributed by atoms with E-state index in [0.717, 1.165) is 11.3 Å². The van der Waals surface area contributed by atoms with Gasteiger partial charge < -0.3 is 14.8 Å². The number of carbonyl (C=O) groups excluding carboxylic acids is 3. The maximum Gasteiger partial charge on any atom is 0.414 e. The highest BCUT2D eigenvalue weighted by molar-refractivity contribution is 7.18. The minimum absolute atomic E-state index is 0.114. The fraction of sp³-hybridized carbons (Fsp3) is 0.381. The van der Waals surface area contributed by atoms with E-state index in [9.17, 15) is 18.8 Å². The summed E-state index contributed by atoms with van der Waals surface area (Å²) < 4.78 is 25.7. The number of esters is 1. The van der Waals surface area contributed by atoms with E-state index in [0.29, 0.717) is 27.7 Å². The number of hydrogen-bond donors (Lipinski definition) is 1. The van der Waals surface area contributed by atoms with Gasteiger partial charge in [-0.05, 0) is 44.0 Å². The number of benzene rings is 1. The molecule has 1 N–H and O–H groups in total. The van der Waals surface area contributed by atoms with Crippen LogP contribution in [0.25, 0.3) is 0 Å². The van der Waals surface area contributed by atoms with Gasteiger partial charge in [0.2, 0.25) is 0 Å². The molecule has 1 atom stereocenters. The molecule has 1 saturated heterocycles. The summed E-state index contributed by atoms with van der Waals surface area (Å²) in [4.78, 5) is 38.4. The van der Waals surface area contributed by atoms with Crippen molar-refractivity contribution >= 4 is 46.6 Å². The van der Waals surface area contributed by atoms with Crippen molar-refractivity contribution in [2.24, 2.45) is 0 Å². The summed E-state index contributed by atoms with van der Waals surface area (Å²) in [6, 6.07) is 7.59. The maximum atomic E-state index is 14.9. The molecule has 2 amide bonds. The molecule has 10 heteroatoms. The number of nitrogens with zero attached hydrogens (tertiary/aromatic N) is 1. The molecule has 0 radical (unpaired) electrons. The lowest BCUT2D eigenvalue weighted by atomic mass is 9.95. The molecule has 2 fully saturated rings. The van der Waals surface area contributed by atoms with Gasteiger partial charge in [0.25, 0.3) is 5.91 Å². The fourth-order valence-corrected chi connectivity index (χ4v) is 4.57. The number of ether oxygens (including phenoxy) is 2. The lowest BCUT2D eigenvalue weighted by Gasteiger charge is -2.18. The number of rotatable bonds is 7. The third-order valence-electron chi connectivity index (χ3n) is 5.36. The smallest absolute Gasteiger partial charge is 0.414 e. The Morgan fingerprint density at radius 2 is 2.13 bits per heavy atom. The van der Waals surface area contributed by atoms with Gasteiger partial charge in [-0.3, -0.25) is 14.5 Å². The topological polar surface area (TPSA) is 84.9 Å². The van der Waals surface area contributed by atoms with Gasteiger partial charge in [-0.2, -0.15) is 0 Å². The largest absolute Gasteiger partial charge is 0.465 e. The van der Waals surface area contributed by atoms with Crippen LogP contribution in [0.3, 0.4) is 0 Å². The van der Waals surface area contributed by atoms with E-state index in [1.165, 1.54) is 17.0 Å². The highest BCUT2D eigenvalue weighted by atomic mass is 35.5. The Morgan fingerprint density at radius 3 is 2.74 bits per heavy atom. The van der Waals surface area contributed by atoms with Gasteiger partial charge in [0.15, 0.2) is 0 Å². The Hall–Kier alpha value is -2.65. The minimum atomic E-state index is -0.929.